The minimum Gasteiger partial charge on any atom is -0.497 e. The van der Waals surface area contributed by atoms with Crippen LogP contribution in [0.1, 0.15) is 69.6 Å². The van der Waals surface area contributed by atoms with Gasteiger partial charge in [-0.15, -0.1) is 0 Å². The van der Waals surface area contributed by atoms with Crippen LogP contribution >= 0.6 is 0 Å². The molecule has 30 heavy (non-hydrogen) atoms. The average Bonchev–Trinajstić information content (AvgIpc) is 2.76. The Morgan fingerprint density at radius 2 is 1.73 bits per heavy atom. The Labute approximate surface area is 183 Å². The van der Waals surface area contributed by atoms with Crippen LogP contribution in [0.15, 0.2) is 42.5 Å². The minimum atomic E-state index is 0.246. The van der Waals surface area contributed by atoms with Crippen LogP contribution in [0.3, 0.4) is 0 Å². The molecule has 1 atom stereocenters. The topological polar surface area (TPSA) is 30.5 Å². The van der Waals surface area contributed by atoms with Gasteiger partial charge in [0.05, 0.1) is 14.2 Å². The molecule has 0 amide bonds. The molecule has 2 aromatic carbocycles. The normalized spacial score (nSPS) is 20.7. The van der Waals surface area contributed by atoms with Crippen LogP contribution in [0.2, 0.25) is 0 Å². The summed E-state index contributed by atoms with van der Waals surface area (Å²) in [6.07, 6.45) is 7.30. The van der Waals surface area contributed by atoms with E-state index in [0.29, 0.717) is 5.41 Å². The summed E-state index contributed by atoms with van der Waals surface area (Å²) in [5.41, 5.74) is 4.71. The van der Waals surface area contributed by atoms with Gasteiger partial charge in [-0.05, 0) is 84.4 Å². The molecule has 0 saturated heterocycles. The molecule has 3 nitrogen and oxygen atoms in total. The Morgan fingerprint density at radius 1 is 0.967 bits per heavy atom. The molecule has 1 aliphatic rings. The number of benzene rings is 2. The van der Waals surface area contributed by atoms with E-state index >= 15 is 0 Å². The lowest BCUT2D eigenvalue weighted by molar-refractivity contribution is 0.138. The number of aryl methyl sites for hydroxylation is 1. The molecule has 0 bridgehead atoms. The van der Waals surface area contributed by atoms with Crippen molar-refractivity contribution in [3.05, 3.63) is 59.2 Å². The van der Waals surface area contributed by atoms with E-state index in [2.05, 4.69) is 68.6 Å². The van der Waals surface area contributed by atoms with Crippen LogP contribution in [0.5, 0.6) is 11.5 Å². The van der Waals surface area contributed by atoms with Crippen molar-refractivity contribution < 1.29 is 9.47 Å². The zero-order valence-corrected chi connectivity index (χ0v) is 19.5. The van der Waals surface area contributed by atoms with Gasteiger partial charge in [0.25, 0.3) is 0 Å². The fourth-order valence-corrected chi connectivity index (χ4v) is 5.33. The summed E-state index contributed by atoms with van der Waals surface area (Å²) in [5, 5.41) is 3.72. The Kier molecular flexibility index (Phi) is 7.46. The standard InChI is InChI=1S/C27H39NO2/c1-6-22-18-21(8-13-25(22)30-5)19-28-17-16-27(15-7-14-26(2,3)20-27)23-9-11-24(29-4)12-10-23/h8-13,18,28H,6-7,14-17,19-20H2,1-5H3. The highest BCUT2D eigenvalue weighted by Gasteiger charge is 2.40. The highest BCUT2D eigenvalue weighted by Crippen LogP contribution is 2.49. The summed E-state index contributed by atoms with van der Waals surface area (Å²) in [6.45, 7) is 8.97. The molecule has 2 aromatic rings. The molecular formula is C27H39NO2. The second-order valence-electron chi connectivity index (χ2n) is 9.63. The number of nitrogens with one attached hydrogen (secondary N) is 1. The fourth-order valence-electron chi connectivity index (χ4n) is 5.33. The van der Waals surface area contributed by atoms with Crippen molar-refractivity contribution in [1.29, 1.82) is 0 Å². The van der Waals surface area contributed by atoms with Crippen LogP contribution in [-0.2, 0) is 18.4 Å². The zero-order valence-electron chi connectivity index (χ0n) is 19.5. The van der Waals surface area contributed by atoms with E-state index in [4.69, 9.17) is 9.47 Å². The van der Waals surface area contributed by atoms with Crippen molar-refractivity contribution in [1.82, 2.24) is 5.32 Å². The zero-order chi connectivity index (χ0) is 21.6. The van der Waals surface area contributed by atoms with Crippen molar-refractivity contribution in [3.8, 4) is 11.5 Å². The summed E-state index contributed by atoms with van der Waals surface area (Å²) in [6, 6.07) is 15.4. The molecule has 1 saturated carbocycles. The molecule has 0 radical (unpaired) electrons. The van der Waals surface area contributed by atoms with Crippen molar-refractivity contribution in [2.24, 2.45) is 5.41 Å². The molecule has 0 aromatic heterocycles. The largest absolute Gasteiger partial charge is 0.497 e. The number of hydrogen-bond acceptors (Lipinski definition) is 3. The molecule has 1 aliphatic carbocycles. The van der Waals surface area contributed by atoms with Crippen molar-refractivity contribution >= 4 is 0 Å². The van der Waals surface area contributed by atoms with Crippen LogP contribution in [0.4, 0.5) is 0 Å². The van der Waals surface area contributed by atoms with Gasteiger partial charge in [0.2, 0.25) is 0 Å². The summed E-state index contributed by atoms with van der Waals surface area (Å²) < 4.78 is 10.9. The molecule has 3 heteroatoms. The summed E-state index contributed by atoms with van der Waals surface area (Å²) >= 11 is 0. The van der Waals surface area contributed by atoms with Gasteiger partial charge in [0.1, 0.15) is 11.5 Å². The predicted octanol–water partition coefficient (Wildman–Crippen LogP) is 6.28. The van der Waals surface area contributed by atoms with Gasteiger partial charge in [-0.3, -0.25) is 0 Å². The molecule has 1 N–H and O–H groups in total. The Bertz CT molecular complexity index is 812. The average molecular weight is 410 g/mol. The van der Waals surface area contributed by atoms with Gasteiger partial charge in [0.15, 0.2) is 0 Å². The minimum absolute atomic E-state index is 0.246. The third kappa shape index (κ3) is 5.37. The maximum Gasteiger partial charge on any atom is 0.122 e. The smallest absolute Gasteiger partial charge is 0.122 e. The quantitative estimate of drug-likeness (QED) is 0.494. The van der Waals surface area contributed by atoms with Crippen LogP contribution in [0, 0.1) is 5.41 Å². The summed E-state index contributed by atoms with van der Waals surface area (Å²) in [5.74, 6) is 1.93. The maximum absolute atomic E-state index is 5.47. The van der Waals surface area contributed by atoms with Crippen LogP contribution in [-0.4, -0.2) is 20.8 Å². The number of hydrogen-bond donors (Lipinski definition) is 1. The number of ether oxygens (including phenoxy) is 2. The first-order valence-corrected chi connectivity index (χ1v) is 11.4. The van der Waals surface area contributed by atoms with E-state index in [1.807, 2.05) is 0 Å². The first-order valence-electron chi connectivity index (χ1n) is 11.4. The highest BCUT2D eigenvalue weighted by atomic mass is 16.5. The Balaban J connectivity index is 1.68. The van der Waals surface area contributed by atoms with E-state index in [9.17, 15) is 0 Å². The van der Waals surface area contributed by atoms with Gasteiger partial charge in [0, 0.05) is 6.54 Å². The van der Waals surface area contributed by atoms with E-state index < -0.39 is 0 Å². The second-order valence-corrected chi connectivity index (χ2v) is 9.63. The molecular weight excluding hydrogens is 370 g/mol. The lowest BCUT2D eigenvalue weighted by Gasteiger charge is -2.46. The molecule has 164 valence electrons. The summed E-state index contributed by atoms with van der Waals surface area (Å²) in [7, 11) is 3.48. The second kappa shape index (κ2) is 9.87. The number of methoxy groups -OCH3 is 2. The van der Waals surface area contributed by atoms with Crippen LogP contribution in [0.25, 0.3) is 0 Å². The van der Waals surface area contributed by atoms with Gasteiger partial charge in [-0.1, -0.05) is 51.5 Å². The van der Waals surface area contributed by atoms with Gasteiger partial charge in [-0.25, -0.2) is 0 Å². The van der Waals surface area contributed by atoms with Crippen LogP contribution < -0.4 is 14.8 Å². The molecule has 1 fully saturated rings. The lowest BCUT2D eigenvalue weighted by Crippen LogP contribution is -2.39. The van der Waals surface area contributed by atoms with E-state index in [1.54, 1.807) is 14.2 Å². The van der Waals surface area contributed by atoms with E-state index in [-0.39, 0.29) is 5.41 Å². The first kappa shape index (κ1) is 22.7. The molecule has 1 unspecified atom stereocenters. The highest BCUT2D eigenvalue weighted by molar-refractivity contribution is 5.37. The van der Waals surface area contributed by atoms with Crippen molar-refractivity contribution in [3.63, 3.8) is 0 Å². The number of rotatable bonds is 9. The Morgan fingerprint density at radius 3 is 2.37 bits per heavy atom. The van der Waals surface area contributed by atoms with Crippen molar-refractivity contribution in [2.45, 2.75) is 71.3 Å². The maximum atomic E-state index is 5.47. The third-order valence-corrected chi connectivity index (χ3v) is 6.86. The van der Waals surface area contributed by atoms with Gasteiger partial charge >= 0.3 is 0 Å². The SMILES string of the molecule is CCc1cc(CNCCC2(c3ccc(OC)cc3)CCCC(C)(C)C2)ccc1OC. The fraction of sp³-hybridized carbons (Fsp3) is 0.556. The lowest BCUT2D eigenvalue weighted by atomic mass is 9.59. The predicted molar refractivity (Wildman–Crippen MR) is 126 cm³/mol. The van der Waals surface area contributed by atoms with Gasteiger partial charge in [-0.2, -0.15) is 0 Å². The first-order chi connectivity index (χ1) is 14.4. The molecule has 0 spiro atoms. The molecule has 0 aliphatic heterocycles. The van der Waals surface area contributed by atoms with E-state index in [0.717, 1.165) is 31.0 Å². The molecule has 3 rings (SSSR count). The third-order valence-electron chi connectivity index (χ3n) is 6.86. The Hall–Kier alpha value is -2.00. The summed E-state index contributed by atoms with van der Waals surface area (Å²) in [4.78, 5) is 0. The van der Waals surface area contributed by atoms with Gasteiger partial charge < -0.3 is 14.8 Å². The van der Waals surface area contributed by atoms with E-state index in [1.165, 1.54) is 48.8 Å². The van der Waals surface area contributed by atoms with Crippen molar-refractivity contribution in [2.75, 3.05) is 20.8 Å². The molecule has 0 heterocycles. The monoisotopic (exact) mass is 409 g/mol.